The second-order valence-electron chi connectivity index (χ2n) is 5.07. The Bertz CT molecular complexity index is 700. The van der Waals surface area contributed by atoms with Crippen molar-refractivity contribution < 1.29 is 9.18 Å². The number of hydrogen-bond donors (Lipinski definition) is 0. The third-order valence-corrected chi connectivity index (χ3v) is 4.26. The van der Waals surface area contributed by atoms with E-state index < -0.39 is 5.82 Å². The largest absolute Gasteiger partial charge is 0.334 e. The zero-order chi connectivity index (χ0) is 15.0. The molecule has 0 saturated heterocycles. The van der Waals surface area contributed by atoms with Crippen molar-refractivity contribution in [3.63, 3.8) is 0 Å². The van der Waals surface area contributed by atoms with Crippen molar-refractivity contribution >= 4 is 21.8 Å². The second kappa shape index (κ2) is 5.55. The van der Waals surface area contributed by atoms with Crippen molar-refractivity contribution in [3.8, 4) is 0 Å². The van der Waals surface area contributed by atoms with E-state index in [9.17, 15) is 9.18 Å². The van der Waals surface area contributed by atoms with E-state index in [1.54, 1.807) is 7.05 Å². The normalized spacial score (nSPS) is 13.3. The molecule has 1 aliphatic rings. The predicted molar refractivity (Wildman–Crippen MR) is 78.2 cm³/mol. The first kappa shape index (κ1) is 14.2. The molecule has 0 atom stereocenters. The molecule has 0 unspecified atom stereocenters. The molecule has 0 spiro atoms. The molecule has 1 aromatic heterocycles. The number of rotatable bonds is 3. The van der Waals surface area contributed by atoms with E-state index in [-0.39, 0.29) is 5.91 Å². The van der Waals surface area contributed by atoms with E-state index in [1.807, 2.05) is 4.57 Å². The van der Waals surface area contributed by atoms with Gasteiger partial charge in [0, 0.05) is 24.5 Å². The summed E-state index contributed by atoms with van der Waals surface area (Å²) in [6, 6.07) is 4.08. The maximum atomic E-state index is 13.3. The molecule has 7 heteroatoms. The van der Waals surface area contributed by atoms with Gasteiger partial charge in [-0.15, -0.1) is 10.2 Å². The monoisotopic (exact) mass is 352 g/mol. The minimum absolute atomic E-state index is 0.253. The van der Waals surface area contributed by atoms with Gasteiger partial charge in [0.05, 0.1) is 12.1 Å². The van der Waals surface area contributed by atoms with E-state index >= 15 is 0 Å². The van der Waals surface area contributed by atoms with Crippen LogP contribution < -0.4 is 0 Å². The Morgan fingerprint density at radius 2 is 2.29 bits per heavy atom. The SMILES string of the molecule is CN(Cc1nnc2n1CCC2)C(=O)c1cc(F)ccc1Br. The minimum atomic E-state index is -0.432. The van der Waals surface area contributed by atoms with Gasteiger partial charge in [-0.3, -0.25) is 4.79 Å². The van der Waals surface area contributed by atoms with Crippen LogP contribution in [0.1, 0.15) is 28.4 Å². The first-order valence-corrected chi connectivity index (χ1v) is 7.47. The number of carbonyl (C=O) groups is 1. The van der Waals surface area contributed by atoms with Crippen LogP contribution in [0.4, 0.5) is 4.39 Å². The standard InChI is InChI=1S/C14H14BrFN4O/c1-19(8-13-18-17-12-3-2-6-20(12)13)14(21)10-7-9(16)4-5-11(10)15/h4-5,7H,2-3,6,8H2,1H3. The molecule has 1 aromatic carbocycles. The van der Waals surface area contributed by atoms with Gasteiger partial charge in [-0.1, -0.05) is 0 Å². The average Bonchev–Trinajstić information content (AvgIpc) is 3.05. The van der Waals surface area contributed by atoms with E-state index in [0.717, 1.165) is 31.0 Å². The molecule has 1 amide bonds. The van der Waals surface area contributed by atoms with Crippen molar-refractivity contribution in [2.45, 2.75) is 25.9 Å². The van der Waals surface area contributed by atoms with Gasteiger partial charge in [0.2, 0.25) is 0 Å². The van der Waals surface area contributed by atoms with Gasteiger partial charge in [0.15, 0.2) is 5.82 Å². The van der Waals surface area contributed by atoms with Crippen molar-refractivity contribution in [1.29, 1.82) is 0 Å². The summed E-state index contributed by atoms with van der Waals surface area (Å²) in [5.41, 5.74) is 0.304. The zero-order valence-corrected chi connectivity index (χ0v) is 13.1. The van der Waals surface area contributed by atoms with Crippen molar-refractivity contribution in [2.24, 2.45) is 0 Å². The lowest BCUT2D eigenvalue weighted by molar-refractivity contribution is 0.0778. The lowest BCUT2D eigenvalue weighted by atomic mass is 10.2. The number of carbonyl (C=O) groups excluding carboxylic acids is 1. The Morgan fingerprint density at radius 1 is 1.48 bits per heavy atom. The molecule has 2 heterocycles. The first-order valence-electron chi connectivity index (χ1n) is 6.67. The molecular formula is C14H14BrFN4O. The molecule has 110 valence electrons. The van der Waals surface area contributed by atoms with Gasteiger partial charge in [-0.05, 0) is 40.5 Å². The Kier molecular flexibility index (Phi) is 3.75. The number of aryl methyl sites for hydroxylation is 1. The quantitative estimate of drug-likeness (QED) is 0.852. The summed E-state index contributed by atoms with van der Waals surface area (Å²) in [6.45, 7) is 1.25. The topological polar surface area (TPSA) is 51.0 Å². The Hall–Kier alpha value is -1.76. The molecule has 3 rings (SSSR count). The first-order chi connectivity index (χ1) is 10.1. The molecule has 0 bridgehead atoms. The molecule has 5 nitrogen and oxygen atoms in total. The van der Waals surface area contributed by atoms with Crippen LogP contribution in [-0.2, 0) is 19.5 Å². The number of amides is 1. The maximum Gasteiger partial charge on any atom is 0.255 e. The third-order valence-electron chi connectivity index (χ3n) is 3.57. The highest BCUT2D eigenvalue weighted by molar-refractivity contribution is 9.10. The highest BCUT2D eigenvalue weighted by atomic mass is 79.9. The highest BCUT2D eigenvalue weighted by Crippen LogP contribution is 2.21. The molecule has 0 saturated carbocycles. The van der Waals surface area contributed by atoms with Gasteiger partial charge in [-0.25, -0.2) is 4.39 Å². The van der Waals surface area contributed by atoms with Crippen molar-refractivity contribution in [3.05, 3.63) is 45.7 Å². The number of hydrogen-bond acceptors (Lipinski definition) is 3. The Balaban J connectivity index is 1.80. The molecular weight excluding hydrogens is 339 g/mol. The summed E-state index contributed by atoms with van der Waals surface area (Å²) < 4.78 is 15.9. The number of nitrogens with zero attached hydrogens (tertiary/aromatic N) is 4. The van der Waals surface area contributed by atoms with Gasteiger partial charge in [0.1, 0.15) is 11.6 Å². The Labute approximate surface area is 129 Å². The van der Waals surface area contributed by atoms with Crippen LogP contribution in [0.25, 0.3) is 0 Å². The lowest BCUT2D eigenvalue weighted by Gasteiger charge is -2.17. The molecule has 21 heavy (non-hydrogen) atoms. The van der Waals surface area contributed by atoms with Gasteiger partial charge < -0.3 is 9.47 Å². The van der Waals surface area contributed by atoms with E-state index in [2.05, 4.69) is 26.1 Å². The molecule has 1 aliphatic heterocycles. The van der Waals surface area contributed by atoms with Crippen LogP contribution in [0.2, 0.25) is 0 Å². The van der Waals surface area contributed by atoms with Crippen molar-refractivity contribution in [1.82, 2.24) is 19.7 Å². The Morgan fingerprint density at radius 3 is 3.10 bits per heavy atom. The van der Waals surface area contributed by atoms with Crippen LogP contribution in [0.15, 0.2) is 22.7 Å². The van der Waals surface area contributed by atoms with E-state index in [4.69, 9.17) is 0 Å². The molecule has 2 aromatic rings. The molecule has 0 N–H and O–H groups in total. The lowest BCUT2D eigenvalue weighted by Crippen LogP contribution is -2.28. The number of benzene rings is 1. The van der Waals surface area contributed by atoms with Crippen molar-refractivity contribution in [2.75, 3.05) is 7.05 Å². The predicted octanol–water partition coefficient (Wildman–Crippen LogP) is 2.40. The fourth-order valence-corrected chi connectivity index (χ4v) is 2.89. The summed E-state index contributed by atoms with van der Waals surface area (Å²) in [4.78, 5) is 13.9. The van der Waals surface area contributed by atoms with Crippen LogP contribution >= 0.6 is 15.9 Å². The molecule has 0 radical (unpaired) electrons. The zero-order valence-electron chi connectivity index (χ0n) is 11.5. The smallest absolute Gasteiger partial charge is 0.255 e. The third kappa shape index (κ3) is 2.70. The fourth-order valence-electron chi connectivity index (χ4n) is 2.48. The molecule has 0 fully saturated rings. The summed E-state index contributed by atoms with van der Waals surface area (Å²) in [5.74, 6) is 1.05. The maximum absolute atomic E-state index is 13.3. The molecule has 0 aliphatic carbocycles. The van der Waals surface area contributed by atoms with Gasteiger partial charge in [0.25, 0.3) is 5.91 Å². The highest BCUT2D eigenvalue weighted by Gasteiger charge is 2.21. The fraction of sp³-hybridized carbons (Fsp3) is 0.357. The second-order valence-corrected chi connectivity index (χ2v) is 5.93. The van der Waals surface area contributed by atoms with E-state index in [1.165, 1.54) is 23.1 Å². The summed E-state index contributed by atoms with van der Waals surface area (Å²) in [5, 5.41) is 8.25. The van der Waals surface area contributed by atoms with E-state index in [0.29, 0.717) is 16.6 Å². The number of fused-ring (bicyclic) bond motifs is 1. The van der Waals surface area contributed by atoms with Crippen LogP contribution in [0.5, 0.6) is 0 Å². The van der Waals surface area contributed by atoms with Crippen LogP contribution in [-0.4, -0.2) is 32.6 Å². The van der Waals surface area contributed by atoms with Crippen LogP contribution in [0, 0.1) is 5.82 Å². The minimum Gasteiger partial charge on any atom is -0.334 e. The number of aromatic nitrogens is 3. The summed E-state index contributed by atoms with van der Waals surface area (Å²) in [7, 11) is 1.68. The van der Waals surface area contributed by atoms with Crippen LogP contribution in [0.3, 0.4) is 0 Å². The van der Waals surface area contributed by atoms with Gasteiger partial charge in [-0.2, -0.15) is 0 Å². The number of halogens is 2. The summed E-state index contributed by atoms with van der Waals surface area (Å²) >= 11 is 3.28. The average molecular weight is 353 g/mol. The summed E-state index contributed by atoms with van der Waals surface area (Å²) in [6.07, 6.45) is 1.99. The van der Waals surface area contributed by atoms with Gasteiger partial charge >= 0.3 is 0 Å².